The van der Waals surface area contributed by atoms with Gasteiger partial charge in [-0.05, 0) is 43.7 Å². The predicted molar refractivity (Wildman–Crippen MR) is 120 cm³/mol. The van der Waals surface area contributed by atoms with Crippen LogP contribution in [-0.4, -0.2) is 69.2 Å². The van der Waals surface area contributed by atoms with Crippen LogP contribution in [0, 0.1) is 5.92 Å². The third-order valence-corrected chi connectivity index (χ3v) is 6.49. The molecule has 0 bridgehead atoms. The number of likely N-dealkylation sites (tertiary alicyclic amines) is 1. The molecule has 2 heterocycles. The Hall–Kier alpha value is -2.28. The summed E-state index contributed by atoms with van der Waals surface area (Å²) < 4.78 is 5.51. The summed E-state index contributed by atoms with van der Waals surface area (Å²) >= 11 is 0. The van der Waals surface area contributed by atoms with Crippen LogP contribution >= 0.6 is 0 Å². The van der Waals surface area contributed by atoms with E-state index in [-0.39, 0.29) is 12.5 Å². The first kappa shape index (κ1) is 21.0. The highest BCUT2D eigenvalue weighted by Gasteiger charge is 2.27. The topological polar surface area (TPSA) is 69.2 Å². The Labute approximate surface area is 179 Å². The number of rotatable bonds is 7. The Bertz CT molecular complexity index is 747. The third kappa shape index (κ3) is 5.25. The zero-order valence-electron chi connectivity index (χ0n) is 18.1. The van der Waals surface area contributed by atoms with E-state index >= 15 is 0 Å². The Kier molecular flexibility index (Phi) is 7.10. The number of nitrogens with zero attached hydrogens (tertiary/aromatic N) is 3. The molecular formula is C23H35N5O2. The largest absolute Gasteiger partial charge is 0.482 e. The lowest BCUT2D eigenvalue weighted by atomic mass is 10.1. The zero-order valence-corrected chi connectivity index (χ0v) is 18.1. The number of carbonyl (C=O) groups is 1. The van der Waals surface area contributed by atoms with Crippen LogP contribution < -0.4 is 20.3 Å². The van der Waals surface area contributed by atoms with Crippen LogP contribution in [0.3, 0.4) is 0 Å². The number of hydrogen-bond donors (Lipinski definition) is 2. The Morgan fingerprint density at radius 1 is 1.23 bits per heavy atom. The second-order valence-electron chi connectivity index (χ2n) is 8.69. The van der Waals surface area contributed by atoms with Gasteiger partial charge in [0, 0.05) is 45.8 Å². The summed E-state index contributed by atoms with van der Waals surface area (Å²) in [6.07, 6.45) is 7.67. The number of para-hydroxylation sites is 2. The number of benzene rings is 1. The van der Waals surface area contributed by atoms with Gasteiger partial charge in [0.25, 0.3) is 5.91 Å². The molecule has 1 atom stereocenters. The second kappa shape index (κ2) is 10.2. The van der Waals surface area contributed by atoms with Crippen molar-refractivity contribution in [2.45, 2.75) is 44.6 Å². The number of guanidine groups is 1. The molecule has 3 aliphatic rings. The average Bonchev–Trinajstić information content (AvgIpc) is 3.44. The lowest BCUT2D eigenvalue weighted by Gasteiger charge is -2.29. The van der Waals surface area contributed by atoms with E-state index in [0.29, 0.717) is 12.6 Å². The van der Waals surface area contributed by atoms with Gasteiger partial charge in [-0.25, -0.2) is 0 Å². The highest BCUT2D eigenvalue weighted by atomic mass is 16.5. The summed E-state index contributed by atoms with van der Waals surface area (Å²) in [5, 5.41) is 6.99. The number of fused-ring (bicyclic) bond motifs is 1. The summed E-state index contributed by atoms with van der Waals surface area (Å²) in [5.41, 5.74) is 0.865. The van der Waals surface area contributed by atoms with Gasteiger partial charge in [-0.2, -0.15) is 0 Å². The van der Waals surface area contributed by atoms with Crippen molar-refractivity contribution < 1.29 is 9.53 Å². The highest BCUT2D eigenvalue weighted by molar-refractivity contribution is 5.97. The lowest BCUT2D eigenvalue weighted by Crippen LogP contribution is -2.46. The number of nitrogens with one attached hydrogen (secondary N) is 2. The zero-order chi connectivity index (χ0) is 20.8. The van der Waals surface area contributed by atoms with Crippen LogP contribution in [0.2, 0.25) is 0 Å². The maximum Gasteiger partial charge on any atom is 0.265 e. The monoisotopic (exact) mass is 413 g/mol. The van der Waals surface area contributed by atoms with Crippen molar-refractivity contribution in [1.82, 2.24) is 15.5 Å². The van der Waals surface area contributed by atoms with E-state index in [1.165, 1.54) is 45.2 Å². The molecule has 1 aromatic rings. The van der Waals surface area contributed by atoms with E-state index in [2.05, 4.69) is 20.5 Å². The maximum atomic E-state index is 12.3. The van der Waals surface area contributed by atoms with Gasteiger partial charge in [0.2, 0.25) is 0 Å². The molecule has 2 aliphatic heterocycles. The van der Waals surface area contributed by atoms with Crippen molar-refractivity contribution in [3.8, 4) is 5.75 Å². The fourth-order valence-corrected chi connectivity index (χ4v) is 4.91. The minimum atomic E-state index is 0.0181. The summed E-state index contributed by atoms with van der Waals surface area (Å²) in [7, 11) is 1.82. The molecule has 2 N–H and O–H groups in total. The molecular weight excluding hydrogens is 378 g/mol. The van der Waals surface area contributed by atoms with Gasteiger partial charge in [0.05, 0.1) is 5.69 Å². The van der Waals surface area contributed by atoms with E-state index < -0.39 is 0 Å². The van der Waals surface area contributed by atoms with Gasteiger partial charge in [-0.3, -0.25) is 9.79 Å². The Morgan fingerprint density at radius 2 is 2.07 bits per heavy atom. The first-order valence-corrected chi connectivity index (χ1v) is 11.4. The first-order valence-electron chi connectivity index (χ1n) is 11.4. The minimum absolute atomic E-state index is 0.0181. The van der Waals surface area contributed by atoms with Crippen molar-refractivity contribution in [2.24, 2.45) is 10.9 Å². The van der Waals surface area contributed by atoms with Crippen molar-refractivity contribution in [3.63, 3.8) is 0 Å². The van der Waals surface area contributed by atoms with Crippen LogP contribution in [0.5, 0.6) is 5.75 Å². The first-order chi connectivity index (χ1) is 14.7. The third-order valence-electron chi connectivity index (χ3n) is 6.49. The number of amides is 1. The van der Waals surface area contributed by atoms with E-state index in [9.17, 15) is 4.79 Å². The smallest absolute Gasteiger partial charge is 0.265 e. The van der Waals surface area contributed by atoms with Gasteiger partial charge in [-0.1, -0.05) is 25.0 Å². The number of anilines is 1. The number of aliphatic imine (C=N–C) groups is 1. The maximum absolute atomic E-state index is 12.3. The van der Waals surface area contributed by atoms with Crippen LogP contribution in [0.1, 0.15) is 38.5 Å². The normalized spacial score (nSPS) is 22.8. The molecule has 1 saturated carbocycles. The quantitative estimate of drug-likeness (QED) is 0.408. The SMILES string of the molecule is CN=C(NCCCN1C(=O)COc2ccccc21)NC1CCN(CC2CCCC2)C1. The Morgan fingerprint density at radius 3 is 2.90 bits per heavy atom. The molecule has 2 fully saturated rings. The number of carbonyl (C=O) groups excluding carboxylic acids is 1. The molecule has 0 radical (unpaired) electrons. The van der Waals surface area contributed by atoms with Gasteiger partial charge < -0.3 is 25.2 Å². The molecule has 0 aromatic heterocycles. The summed E-state index contributed by atoms with van der Waals surface area (Å²) in [6.45, 7) is 5.11. The number of ether oxygens (including phenoxy) is 1. The Balaban J connectivity index is 1.18. The van der Waals surface area contributed by atoms with Crippen molar-refractivity contribution in [3.05, 3.63) is 24.3 Å². The van der Waals surface area contributed by atoms with Crippen molar-refractivity contribution in [2.75, 3.05) is 51.3 Å². The molecule has 7 heteroatoms. The van der Waals surface area contributed by atoms with E-state index in [4.69, 9.17) is 4.74 Å². The van der Waals surface area contributed by atoms with E-state index in [1.54, 1.807) is 0 Å². The van der Waals surface area contributed by atoms with Crippen molar-refractivity contribution >= 4 is 17.6 Å². The average molecular weight is 414 g/mol. The number of hydrogen-bond acceptors (Lipinski definition) is 4. The van der Waals surface area contributed by atoms with Crippen LogP contribution in [0.15, 0.2) is 29.3 Å². The summed E-state index contributed by atoms with van der Waals surface area (Å²) in [4.78, 5) is 21.1. The summed E-state index contributed by atoms with van der Waals surface area (Å²) in [5.74, 6) is 2.57. The van der Waals surface area contributed by atoms with Gasteiger partial charge in [0.15, 0.2) is 12.6 Å². The van der Waals surface area contributed by atoms with Crippen LogP contribution in [-0.2, 0) is 4.79 Å². The fourth-order valence-electron chi connectivity index (χ4n) is 4.91. The highest BCUT2D eigenvalue weighted by Crippen LogP contribution is 2.31. The standard InChI is InChI=1S/C23H35N5O2/c1-24-23(26-19-11-14-27(16-19)15-18-7-2-3-8-18)25-12-6-13-28-20-9-4-5-10-21(20)30-17-22(28)29/h4-5,9-10,18-19H,2-3,6-8,11-17H2,1H3,(H2,24,25,26). The lowest BCUT2D eigenvalue weighted by molar-refractivity contribution is -0.121. The molecule has 1 amide bonds. The van der Waals surface area contributed by atoms with Crippen LogP contribution in [0.25, 0.3) is 0 Å². The van der Waals surface area contributed by atoms with Gasteiger partial charge in [0.1, 0.15) is 5.75 Å². The summed E-state index contributed by atoms with van der Waals surface area (Å²) in [6, 6.07) is 8.19. The van der Waals surface area contributed by atoms with E-state index in [1.807, 2.05) is 36.2 Å². The molecule has 1 aliphatic carbocycles. The van der Waals surface area contributed by atoms with Gasteiger partial charge >= 0.3 is 0 Å². The van der Waals surface area contributed by atoms with Crippen molar-refractivity contribution in [1.29, 1.82) is 0 Å². The second-order valence-corrected chi connectivity index (χ2v) is 8.69. The molecule has 1 unspecified atom stereocenters. The molecule has 164 valence electrons. The molecule has 7 nitrogen and oxygen atoms in total. The minimum Gasteiger partial charge on any atom is -0.482 e. The fraction of sp³-hybridized carbons (Fsp3) is 0.652. The molecule has 1 aromatic carbocycles. The molecule has 4 rings (SSSR count). The molecule has 0 spiro atoms. The predicted octanol–water partition coefficient (Wildman–Crippen LogP) is 2.23. The van der Waals surface area contributed by atoms with Crippen LogP contribution in [0.4, 0.5) is 5.69 Å². The molecule has 1 saturated heterocycles. The van der Waals surface area contributed by atoms with Gasteiger partial charge in [-0.15, -0.1) is 0 Å². The molecule has 30 heavy (non-hydrogen) atoms. The van der Waals surface area contributed by atoms with E-state index in [0.717, 1.165) is 42.8 Å².